The minimum absolute atomic E-state index is 0.556. The van der Waals surface area contributed by atoms with Gasteiger partial charge in [-0.3, -0.25) is 10.1 Å². The van der Waals surface area contributed by atoms with Crippen molar-refractivity contribution in [3.63, 3.8) is 0 Å². The zero-order valence-electron chi connectivity index (χ0n) is 12.2. The summed E-state index contributed by atoms with van der Waals surface area (Å²) in [6.45, 7) is 1.93. The summed E-state index contributed by atoms with van der Waals surface area (Å²) in [5.74, 6) is 2.44. The van der Waals surface area contributed by atoms with E-state index in [-0.39, 0.29) is 0 Å². The van der Waals surface area contributed by atoms with E-state index >= 15 is 0 Å². The average Bonchev–Trinajstić information content (AvgIpc) is 2.93. The number of pyridine rings is 1. The van der Waals surface area contributed by atoms with Crippen LogP contribution in [0.1, 0.15) is 5.69 Å². The predicted octanol–water partition coefficient (Wildman–Crippen LogP) is 2.40. The lowest BCUT2D eigenvalue weighted by Crippen LogP contribution is -2.00. The van der Waals surface area contributed by atoms with E-state index in [1.807, 2.05) is 19.1 Å². The number of aromatic amines is 1. The van der Waals surface area contributed by atoms with Gasteiger partial charge in [0.1, 0.15) is 0 Å². The molecule has 0 saturated heterocycles. The molecule has 3 rings (SSSR count). The molecule has 0 atom stereocenters. The smallest absolute Gasteiger partial charge is 0.213 e. The summed E-state index contributed by atoms with van der Waals surface area (Å²) in [5.41, 5.74) is 1.76. The molecule has 22 heavy (non-hydrogen) atoms. The molecule has 0 aromatic carbocycles. The van der Waals surface area contributed by atoms with Crippen LogP contribution in [-0.2, 0) is 0 Å². The van der Waals surface area contributed by atoms with Crippen LogP contribution in [0.4, 0.5) is 23.1 Å². The van der Waals surface area contributed by atoms with E-state index < -0.39 is 0 Å². The molecule has 3 aromatic heterocycles. The van der Waals surface area contributed by atoms with Gasteiger partial charge in [0.2, 0.25) is 5.88 Å². The summed E-state index contributed by atoms with van der Waals surface area (Å²) in [5, 5.41) is 13.2. The molecule has 0 spiro atoms. The van der Waals surface area contributed by atoms with Crippen LogP contribution in [0, 0.1) is 6.92 Å². The maximum Gasteiger partial charge on any atom is 0.213 e. The number of nitrogens with zero attached hydrogens (tertiary/aromatic N) is 4. The fourth-order valence-corrected chi connectivity index (χ4v) is 1.82. The number of hydrogen-bond acceptors (Lipinski definition) is 7. The normalized spacial score (nSPS) is 10.3. The van der Waals surface area contributed by atoms with Gasteiger partial charge in [-0.1, -0.05) is 0 Å². The Morgan fingerprint density at radius 3 is 2.50 bits per heavy atom. The maximum absolute atomic E-state index is 5.02. The monoisotopic (exact) mass is 297 g/mol. The molecule has 3 heterocycles. The van der Waals surface area contributed by atoms with Crippen LogP contribution < -0.4 is 15.4 Å². The molecule has 0 fully saturated rings. The third-order valence-electron chi connectivity index (χ3n) is 2.81. The summed E-state index contributed by atoms with van der Waals surface area (Å²) >= 11 is 0. The highest BCUT2D eigenvalue weighted by Gasteiger charge is 2.03. The fraction of sp³-hybridized carbons (Fsp3) is 0.143. The van der Waals surface area contributed by atoms with Gasteiger partial charge in [-0.05, 0) is 13.0 Å². The lowest BCUT2D eigenvalue weighted by molar-refractivity contribution is 0.398. The van der Waals surface area contributed by atoms with Crippen molar-refractivity contribution in [1.29, 1.82) is 0 Å². The van der Waals surface area contributed by atoms with E-state index in [4.69, 9.17) is 4.74 Å². The van der Waals surface area contributed by atoms with Crippen molar-refractivity contribution >= 4 is 23.1 Å². The van der Waals surface area contributed by atoms with Gasteiger partial charge in [-0.25, -0.2) is 9.97 Å². The molecular formula is C14H15N7O. The van der Waals surface area contributed by atoms with Crippen LogP contribution in [0.15, 0.2) is 36.8 Å². The molecule has 3 aromatic rings. The van der Waals surface area contributed by atoms with E-state index in [1.54, 1.807) is 31.8 Å². The van der Waals surface area contributed by atoms with E-state index in [0.717, 1.165) is 11.4 Å². The van der Waals surface area contributed by atoms with Crippen molar-refractivity contribution in [2.24, 2.45) is 0 Å². The second-order valence-electron chi connectivity index (χ2n) is 4.56. The number of aryl methyl sites for hydroxylation is 1. The highest BCUT2D eigenvalue weighted by Crippen LogP contribution is 2.18. The van der Waals surface area contributed by atoms with Crippen LogP contribution in [-0.4, -0.2) is 32.3 Å². The summed E-state index contributed by atoms with van der Waals surface area (Å²) in [6, 6.07) is 5.50. The van der Waals surface area contributed by atoms with Crippen LogP contribution in [0.5, 0.6) is 5.88 Å². The van der Waals surface area contributed by atoms with Crippen molar-refractivity contribution in [3.8, 4) is 5.88 Å². The van der Waals surface area contributed by atoms with Crippen molar-refractivity contribution in [1.82, 2.24) is 25.1 Å². The molecule has 0 aliphatic heterocycles. The number of aromatic nitrogens is 5. The number of nitrogens with one attached hydrogen (secondary N) is 3. The Hall–Kier alpha value is -3.16. The zero-order chi connectivity index (χ0) is 15.4. The molecule has 0 aliphatic carbocycles. The SMILES string of the molecule is COc1ccc(Nc2cncc(Nc3cc(C)[nH]n3)n2)cn1. The van der Waals surface area contributed by atoms with Crippen molar-refractivity contribution in [3.05, 3.63) is 42.5 Å². The Morgan fingerprint density at radius 2 is 1.86 bits per heavy atom. The van der Waals surface area contributed by atoms with Crippen LogP contribution in [0.25, 0.3) is 0 Å². The minimum Gasteiger partial charge on any atom is -0.481 e. The topological polar surface area (TPSA) is 101 Å². The Morgan fingerprint density at radius 1 is 1.05 bits per heavy atom. The van der Waals surface area contributed by atoms with Gasteiger partial charge in [-0.15, -0.1) is 0 Å². The third-order valence-corrected chi connectivity index (χ3v) is 2.81. The molecule has 112 valence electrons. The highest BCUT2D eigenvalue weighted by atomic mass is 16.5. The predicted molar refractivity (Wildman–Crippen MR) is 82.7 cm³/mol. The first-order chi connectivity index (χ1) is 10.7. The average molecular weight is 297 g/mol. The van der Waals surface area contributed by atoms with Gasteiger partial charge in [0.15, 0.2) is 17.5 Å². The van der Waals surface area contributed by atoms with Crippen LogP contribution in [0.3, 0.4) is 0 Å². The van der Waals surface area contributed by atoms with Gasteiger partial charge in [0, 0.05) is 17.8 Å². The van der Waals surface area contributed by atoms with Gasteiger partial charge < -0.3 is 15.4 Å². The number of rotatable bonds is 5. The number of methoxy groups -OCH3 is 1. The minimum atomic E-state index is 0.556. The lowest BCUT2D eigenvalue weighted by Gasteiger charge is -2.07. The summed E-state index contributed by atoms with van der Waals surface area (Å²) in [6.07, 6.45) is 4.92. The number of H-pyrrole nitrogens is 1. The van der Waals surface area contributed by atoms with E-state index in [1.165, 1.54) is 0 Å². The number of ether oxygens (including phenoxy) is 1. The number of hydrogen-bond donors (Lipinski definition) is 3. The van der Waals surface area contributed by atoms with Crippen LogP contribution >= 0.6 is 0 Å². The molecule has 0 radical (unpaired) electrons. The first kappa shape index (κ1) is 13.8. The van der Waals surface area contributed by atoms with Gasteiger partial charge in [-0.2, -0.15) is 5.10 Å². The summed E-state index contributed by atoms with van der Waals surface area (Å²) in [7, 11) is 1.58. The molecular weight excluding hydrogens is 282 g/mol. The number of anilines is 4. The Balaban J connectivity index is 1.72. The Bertz CT molecular complexity index is 754. The third kappa shape index (κ3) is 3.29. The summed E-state index contributed by atoms with van der Waals surface area (Å²) in [4.78, 5) is 12.7. The summed E-state index contributed by atoms with van der Waals surface area (Å²) < 4.78 is 5.02. The molecule has 0 unspecified atom stereocenters. The van der Waals surface area contributed by atoms with E-state index in [0.29, 0.717) is 23.3 Å². The molecule has 0 aliphatic rings. The highest BCUT2D eigenvalue weighted by molar-refractivity contribution is 5.58. The van der Waals surface area contributed by atoms with Gasteiger partial charge in [0.25, 0.3) is 0 Å². The first-order valence-electron chi connectivity index (χ1n) is 6.61. The second kappa shape index (κ2) is 6.08. The standard InChI is InChI=1S/C14H15N7O/c1-9-5-11(21-20-9)18-13-8-15-7-12(19-13)17-10-3-4-14(22-2)16-6-10/h3-8H,1-2H3,(H3,17,18,19,20,21). The molecule has 3 N–H and O–H groups in total. The quantitative estimate of drug-likeness (QED) is 0.664. The zero-order valence-corrected chi connectivity index (χ0v) is 12.2. The first-order valence-corrected chi connectivity index (χ1v) is 6.61. The second-order valence-corrected chi connectivity index (χ2v) is 4.56. The van der Waals surface area contributed by atoms with Crippen molar-refractivity contribution in [2.45, 2.75) is 6.92 Å². The van der Waals surface area contributed by atoms with E-state index in [9.17, 15) is 0 Å². The maximum atomic E-state index is 5.02. The Kier molecular flexibility index (Phi) is 3.82. The Labute approximate surface area is 127 Å². The van der Waals surface area contributed by atoms with Gasteiger partial charge in [0.05, 0.1) is 31.4 Å². The van der Waals surface area contributed by atoms with Crippen LogP contribution in [0.2, 0.25) is 0 Å². The molecule has 0 amide bonds. The molecule has 8 nitrogen and oxygen atoms in total. The van der Waals surface area contributed by atoms with Gasteiger partial charge >= 0.3 is 0 Å². The molecule has 0 bridgehead atoms. The largest absolute Gasteiger partial charge is 0.481 e. The van der Waals surface area contributed by atoms with Crippen molar-refractivity contribution < 1.29 is 4.74 Å². The molecule has 8 heteroatoms. The van der Waals surface area contributed by atoms with E-state index in [2.05, 4.69) is 35.8 Å². The molecule has 0 saturated carbocycles. The fourth-order valence-electron chi connectivity index (χ4n) is 1.82. The lowest BCUT2D eigenvalue weighted by atomic mass is 10.4. The van der Waals surface area contributed by atoms with Crippen molar-refractivity contribution in [2.75, 3.05) is 17.7 Å².